The standard InChI is InChI=1S/C35H27FO8/c1-7-30(37)43-29-20-25(14-9-23-10-15-26(16-11-23)41-34(39)21(3)4)32(36)33(44-31(38)8-2)28(29)19-24-12-17-27(18-13-24)42-35(40)22(5)6/h7-8,10-13,15-18,20H,1-3,5,19H2,4,6H3. The summed E-state index contributed by atoms with van der Waals surface area (Å²) >= 11 is 0. The molecule has 0 fully saturated rings. The van der Waals surface area contributed by atoms with Crippen LogP contribution in [0.5, 0.6) is 23.0 Å². The van der Waals surface area contributed by atoms with Crippen molar-refractivity contribution in [1.29, 1.82) is 0 Å². The molecule has 3 rings (SSSR count). The van der Waals surface area contributed by atoms with Gasteiger partial charge >= 0.3 is 23.9 Å². The molecule has 0 heterocycles. The van der Waals surface area contributed by atoms with Gasteiger partial charge in [0.05, 0.1) is 5.56 Å². The van der Waals surface area contributed by atoms with Gasteiger partial charge in [0.15, 0.2) is 11.6 Å². The topological polar surface area (TPSA) is 105 Å². The van der Waals surface area contributed by atoms with Crippen LogP contribution in [0.25, 0.3) is 0 Å². The SMILES string of the molecule is C=CC(=O)Oc1cc(C#Cc2ccc(OC(=O)C(=C)C)cc2)c(F)c(OC(=O)C=C)c1Cc1ccc(OC(=O)C(=C)C)cc1. The number of rotatable bonds is 10. The second-order valence-corrected chi connectivity index (χ2v) is 9.23. The first-order valence-corrected chi connectivity index (χ1v) is 12.9. The van der Waals surface area contributed by atoms with Crippen molar-refractivity contribution in [3.8, 4) is 34.8 Å². The van der Waals surface area contributed by atoms with E-state index in [1.54, 1.807) is 24.3 Å². The van der Waals surface area contributed by atoms with E-state index >= 15 is 4.39 Å². The van der Waals surface area contributed by atoms with E-state index in [4.69, 9.17) is 18.9 Å². The third-order valence-corrected chi connectivity index (χ3v) is 5.65. The van der Waals surface area contributed by atoms with Gasteiger partial charge in [-0.1, -0.05) is 50.3 Å². The summed E-state index contributed by atoms with van der Waals surface area (Å²) in [6.45, 7) is 16.8. The molecule has 0 aromatic heterocycles. The molecule has 0 aliphatic rings. The number of carbonyl (C=O) groups excluding carboxylic acids is 4. The van der Waals surface area contributed by atoms with Gasteiger partial charge in [-0.3, -0.25) is 0 Å². The Morgan fingerprint density at radius 2 is 1.25 bits per heavy atom. The molecule has 222 valence electrons. The van der Waals surface area contributed by atoms with Crippen molar-refractivity contribution in [2.45, 2.75) is 20.3 Å². The summed E-state index contributed by atoms with van der Waals surface area (Å²) in [5.74, 6) is 1.31. The van der Waals surface area contributed by atoms with E-state index < -0.39 is 35.4 Å². The molecule has 0 saturated heterocycles. The van der Waals surface area contributed by atoms with E-state index in [2.05, 4.69) is 38.2 Å². The van der Waals surface area contributed by atoms with Crippen molar-refractivity contribution in [2.75, 3.05) is 0 Å². The summed E-state index contributed by atoms with van der Waals surface area (Å²) in [6, 6.07) is 13.5. The van der Waals surface area contributed by atoms with Crippen molar-refractivity contribution in [2.24, 2.45) is 0 Å². The Balaban J connectivity index is 2.06. The van der Waals surface area contributed by atoms with Crippen molar-refractivity contribution >= 4 is 23.9 Å². The molecule has 0 unspecified atom stereocenters. The van der Waals surface area contributed by atoms with E-state index in [1.165, 1.54) is 44.2 Å². The normalized spacial score (nSPS) is 9.89. The summed E-state index contributed by atoms with van der Waals surface area (Å²) in [6.07, 6.45) is 1.70. The van der Waals surface area contributed by atoms with Crippen molar-refractivity contribution in [3.63, 3.8) is 0 Å². The summed E-state index contributed by atoms with van der Waals surface area (Å²) in [4.78, 5) is 48.0. The Kier molecular flexibility index (Phi) is 10.9. The maximum atomic E-state index is 15.9. The summed E-state index contributed by atoms with van der Waals surface area (Å²) < 4.78 is 36.9. The molecule has 0 radical (unpaired) electrons. The summed E-state index contributed by atoms with van der Waals surface area (Å²) in [5, 5.41) is 0. The Morgan fingerprint density at radius 3 is 1.75 bits per heavy atom. The Morgan fingerprint density at radius 1 is 0.750 bits per heavy atom. The molecule has 0 N–H and O–H groups in total. The molecule has 0 saturated carbocycles. The number of carbonyl (C=O) groups is 4. The molecule has 0 bridgehead atoms. The first kappa shape index (κ1) is 32.5. The third kappa shape index (κ3) is 8.74. The average molecular weight is 595 g/mol. The molecule has 3 aromatic rings. The molecule has 0 amide bonds. The van der Waals surface area contributed by atoms with Crippen molar-refractivity contribution in [1.82, 2.24) is 0 Å². The first-order valence-electron chi connectivity index (χ1n) is 12.9. The van der Waals surface area contributed by atoms with Crippen LogP contribution in [0, 0.1) is 17.7 Å². The summed E-state index contributed by atoms with van der Waals surface area (Å²) in [5.41, 5.74) is 1.23. The van der Waals surface area contributed by atoms with Crippen LogP contribution in [0.1, 0.15) is 36.1 Å². The van der Waals surface area contributed by atoms with Gasteiger partial charge in [-0.25, -0.2) is 23.6 Å². The maximum absolute atomic E-state index is 15.9. The molecule has 0 aliphatic heterocycles. The van der Waals surface area contributed by atoms with Crippen LogP contribution in [0.4, 0.5) is 4.39 Å². The molecule has 0 atom stereocenters. The highest BCUT2D eigenvalue weighted by molar-refractivity contribution is 5.89. The Bertz CT molecular complexity index is 1740. The predicted octanol–water partition coefficient (Wildman–Crippen LogP) is 5.96. The number of hydrogen-bond donors (Lipinski definition) is 0. The van der Waals surface area contributed by atoms with Crippen LogP contribution >= 0.6 is 0 Å². The Labute approximate surface area is 253 Å². The fourth-order valence-corrected chi connectivity index (χ4v) is 3.41. The van der Waals surface area contributed by atoms with Gasteiger partial charge in [-0.05, 0) is 55.8 Å². The highest BCUT2D eigenvalue weighted by Crippen LogP contribution is 2.37. The molecular weight excluding hydrogens is 567 g/mol. The largest absolute Gasteiger partial charge is 0.423 e. The number of halogens is 1. The number of hydrogen-bond acceptors (Lipinski definition) is 8. The van der Waals surface area contributed by atoms with E-state index in [0.717, 1.165) is 12.2 Å². The molecule has 0 aliphatic carbocycles. The monoisotopic (exact) mass is 594 g/mol. The number of benzene rings is 3. The van der Waals surface area contributed by atoms with Crippen LogP contribution in [0.3, 0.4) is 0 Å². The zero-order valence-corrected chi connectivity index (χ0v) is 24.0. The second-order valence-electron chi connectivity index (χ2n) is 9.23. The van der Waals surface area contributed by atoms with Gasteiger partial charge in [0.25, 0.3) is 0 Å². The number of esters is 4. The minimum atomic E-state index is -0.986. The van der Waals surface area contributed by atoms with E-state index in [0.29, 0.717) is 11.1 Å². The molecule has 44 heavy (non-hydrogen) atoms. The van der Waals surface area contributed by atoms with E-state index in [-0.39, 0.29) is 45.9 Å². The molecule has 9 heteroatoms. The zero-order chi connectivity index (χ0) is 32.4. The van der Waals surface area contributed by atoms with Gasteiger partial charge in [-0.2, -0.15) is 0 Å². The van der Waals surface area contributed by atoms with Gasteiger partial charge < -0.3 is 18.9 Å². The predicted molar refractivity (Wildman–Crippen MR) is 161 cm³/mol. The first-order chi connectivity index (χ1) is 20.9. The van der Waals surface area contributed by atoms with Crippen LogP contribution in [-0.4, -0.2) is 23.9 Å². The highest BCUT2D eigenvalue weighted by Gasteiger charge is 2.24. The fourth-order valence-electron chi connectivity index (χ4n) is 3.41. The van der Waals surface area contributed by atoms with Crippen LogP contribution in [-0.2, 0) is 25.6 Å². The van der Waals surface area contributed by atoms with E-state index in [9.17, 15) is 19.2 Å². The zero-order valence-electron chi connectivity index (χ0n) is 24.0. The minimum Gasteiger partial charge on any atom is -0.423 e. The molecule has 0 spiro atoms. The summed E-state index contributed by atoms with van der Waals surface area (Å²) in [7, 11) is 0. The Hall–Kier alpha value is -6.01. The fraction of sp³-hybridized carbons (Fsp3) is 0.0857. The molecule has 8 nitrogen and oxygen atoms in total. The van der Waals surface area contributed by atoms with Gasteiger partial charge in [-0.15, -0.1) is 0 Å². The smallest absolute Gasteiger partial charge is 0.338 e. The van der Waals surface area contributed by atoms with E-state index in [1.807, 2.05) is 0 Å². The maximum Gasteiger partial charge on any atom is 0.338 e. The van der Waals surface area contributed by atoms with Crippen molar-refractivity contribution < 1.29 is 42.5 Å². The lowest BCUT2D eigenvalue weighted by Crippen LogP contribution is -2.12. The van der Waals surface area contributed by atoms with Gasteiger partial charge in [0.1, 0.15) is 17.2 Å². The average Bonchev–Trinajstić information content (AvgIpc) is 3.00. The molecule has 3 aromatic carbocycles. The van der Waals surface area contributed by atoms with Gasteiger partial charge in [0, 0.05) is 46.9 Å². The lowest BCUT2D eigenvalue weighted by molar-refractivity contribution is -0.130. The number of ether oxygens (including phenoxy) is 4. The lowest BCUT2D eigenvalue weighted by atomic mass is 10.00. The highest BCUT2D eigenvalue weighted by atomic mass is 19.1. The quantitative estimate of drug-likeness (QED) is 0.123. The minimum absolute atomic E-state index is 0.0220. The third-order valence-electron chi connectivity index (χ3n) is 5.65. The lowest BCUT2D eigenvalue weighted by Gasteiger charge is -2.16. The second kappa shape index (κ2) is 14.8. The van der Waals surface area contributed by atoms with Crippen molar-refractivity contribution in [3.05, 3.63) is 132 Å². The molecular formula is C35H27FO8. The van der Waals surface area contributed by atoms with Crippen LogP contribution in [0.15, 0.2) is 104 Å². The van der Waals surface area contributed by atoms with Crippen LogP contribution in [0.2, 0.25) is 0 Å². The van der Waals surface area contributed by atoms with Crippen LogP contribution < -0.4 is 18.9 Å². The van der Waals surface area contributed by atoms with Gasteiger partial charge in [0.2, 0.25) is 0 Å².